The molecule has 2 rings (SSSR count). The maximum atomic E-state index is 12.2. The minimum absolute atomic E-state index is 0.157. The molecule has 1 fully saturated rings. The summed E-state index contributed by atoms with van der Waals surface area (Å²) in [6.07, 6.45) is 6.72. The minimum Gasteiger partial charge on any atom is -0.359 e. The lowest BCUT2D eigenvalue weighted by atomic mass is 10.1. The summed E-state index contributed by atoms with van der Waals surface area (Å²) in [5.41, 5.74) is 0. The molecule has 1 saturated heterocycles. The quantitative estimate of drug-likeness (QED) is 0.847. The number of amidine groups is 1. The van der Waals surface area contributed by atoms with Gasteiger partial charge in [0.25, 0.3) is 10.0 Å². The molecule has 0 aromatic carbocycles. The monoisotopic (exact) mass is 281 g/mol. The van der Waals surface area contributed by atoms with Crippen LogP contribution in [-0.4, -0.2) is 37.2 Å². The third-order valence-electron chi connectivity index (χ3n) is 3.09. The van der Waals surface area contributed by atoms with Crippen molar-refractivity contribution in [1.82, 2.24) is 9.88 Å². The highest BCUT2D eigenvalue weighted by Crippen LogP contribution is 2.17. The molecule has 0 unspecified atom stereocenters. The third-order valence-corrected chi connectivity index (χ3v) is 4.38. The molecule has 0 bridgehead atoms. The molecule has 5 nitrogen and oxygen atoms in total. The normalized spacial score (nSPS) is 18.8. The number of hydrogen-bond donors (Lipinski definition) is 0. The van der Waals surface area contributed by atoms with Gasteiger partial charge < -0.3 is 4.90 Å². The second-order valence-corrected chi connectivity index (χ2v) is 6.22. The van der Waals surface area contributed by atoms with Crippen molar-refractivity contribution >= 4 is 15.9 Å². The van der Waals surface area contributed by atoms with Crippen LogP contribution in [-0.2, 0) is 10.0 Å². The molecule has 0 aliphatic carbocycles. The van der Waals surface area contributed by atoms with Gasteiger partial charge in [0.2, 0.25) is 0 Å². The molecular formula is C13H19N3O2S. The van der Waals surface area contributed by atoms with E-state index in [1.165, 1.54) is 12.3 Å². The average Bonchev–Trinajstić information content (AvgIpc) is 2.42. The highest BCUT2D eigenvalue weighted by molar-refractivity contribution is 7.90. The summed E-state index contributed by atoms with van der Waals surface area (Å²) in [6.45, 7) is 3.85. The Morgan fingerprint density at radius 1 is 1.42 bits per heavy atom. The fourth-order valence-electron chi connectivity index (χ4n) is 2.18. The van der Waals surface area contributed by atoms with Gasteiger partial charge in [0.05, 0.1) is 0 Å². The molecule has 0 spiro atoms. The second-order valence-electron chi connectivity index (χ2n) is 4.62. The average molecular weight is 281 g/mol. The summed E-state index contributed by atoms with van der Waals surface area (Å²) in [5, 5.41) is 0. The van der Waals surface area contributed by atoms with Gasteiger partial charge in [-0.3, -0.25) is 4.98 Å². The van der Waals surface area contributed by atoms with Gasteiger partial charge in [-0.15, -0.1) is 4.40 Å². The van der Waals surface area contributed by atoms with E-state index in [1.54, 1.807) is 12.3 Å². The van der Waals surface area contributed by atoms with Crippen LogP contribution >= 0.6 is 0 Å². The van der Waals surface area contributed by atoms with E-state index in [0.717, 1.165) is 38.8 Å². The molecule has 1 aliphatic heterocycles. The van der Waals surface area contributed by atoms with Crippen molar-refractivity contribution in [3.8, 4) is 0 Å². The van der Waals surface area contributed by atoms with Crippen LogP contribution < -0.4 is 0 Å². The van der Waals surface area contributed by atoms with E-state index in [4.69, 9.17) is 0 Å². The Morgan fingerprint density at radius 3 is 2.95 bits per heavy atom. The Kier molecular flexibility index (Phi) is 4.52. The third kappa shape index (κ3) is 3.53. The SMILES string of the molecule is CCCN1CCCC/C1=N\S(=O)(=O)c1cccnc1. The largest absolute Gasteiger partial charge is 0.359 e. The zero-order valence-electron chi connectivity index (χ0n) is 11.1. The second kappa shape index (κ2) is 6.14. The zero-order chi connectivity index (χ0) is 13.7. The molecule has 0 radical (unpaired) electrons. The maximum Gasteiger partial charge on any atom is 0.285 e. The van der Waals surface area contributed by atoms with Gasteiger partial charge in [-0.1, -0.05) is 6.92 Å². The number of likely N-dealkylation sites (tertiary alicyclic amines) is 1. The van der Waals surface area contributed by atoms with Crippen molar-refractivity contribution in [2.24, 2.45) is 4.40 Å². The van der Waals surface area contributed by atoms with E-state index in [9.17, 15) is 8.42 Å². The smallest absolute Gasteiger partial charge is 0.285 e. The van der Waals surface area contributed by atoms with Crippen molar-refractivity contribution < 1.29 is 8.42 Å². The van der Waals surface area contributed by atoms with E-state index in [2.05, 4.69) is 21.2 Å². The topological polar surface area (TPSA) is 62.6 Å². The van der Waals surface area contributed by atoms with Crippen molar-refractivity contribution in [2.75, 3.05) is 13.1 Å². The van der Waals surface area contributed by atoms with E-state index >= 15 is 0 Å². The lowest BCUT2D eigenvalue weighted by Gasteiger charge is -2.29. The van der Waals surface area contributed by atoms with Gasteiger partial charge in [0.1, 0.15) is 10.7 Å². The van der Waals surface area contributed by atoms with Crippen molar-refractivity contribution in [1.29, 1.82) is 0 Å². The lowest BCUT2D eigenvalue weighted by Crippen LogP contribution is -2.36. The van der Waals surface area contributed by atoms with Gasteiger partial charge in [0.15, 0.2) is 0 Å². The first kappa shape index (κ1) is 14.0. The van der Waals surface area contributed by atoms with Crippen LogP contribution in [0.3, 0.4) is 0 Å². The van der Waals surface area contributed by atoms with Crippen LogP contribution in [0.15, 0.2) is 33.8 Å². The van der Waals surface area contributed by atoms with Crippen molar-refractivity contribution in [3.63, 3.8) is 0 Å². The maximum absolute atomic E-state index is 12.2. The van der Waals surface area contributed by atoms with E-state index in [0.29, 0.717) is 5.84 Å². The molecule has 6 heteroatoms. The molecule has 19 heavy (non-hydrogen) atoms. The Balaban J connectivity index is 2.27. The van der Waals surface area contributed by atoms with E-state index in [-0.39, 0.29) is 4.90 Å². The summed E-state index contributed by atoms with van der Waals surface area (Å²) in [4.78, 5) is 6.08. The predicted molar refractivity (Wildman–Crippen MR) is 74.6 cm³/mol. The van der Waals surface area contributed by atoms with Crippen LogP contribution in [0.2, 0.25) is 0 Å². The van der Waals surface area contributed by atoms with Crippen LogP contribution in [0.25, 0.3) is 0 Å². The molecule has 0 N–H and O–H groups in total. The standard InChI is InChI=1S/C13H19N3O2S/c1-2-9-16-10-4-3-7-13(16)15-19(17,18)12-6-5-8-14-11-12/h5-6,8,11H,2-4,7,9-10H2,1H3/b15-13+. The first-order valence-corrected chi connectivity index (χ1v) is 8.06. The van der Waals surface area contributed by atoms with Gasteiger partial charge in [-0.2, -0.15) is 8.42 Å². The van der Waals surface area contributed by atoms with Crippen LogP contribution in [0.5, 0.6) is 0 Å². The fourth-order valence-corrected chi connectivity index (χ4v) is 3.21. The number of pyridine rings is 1. The summed E-state index contributed by atoms with van der Waals surface area (Å²) in [6, 6.07) is 3.14. The number of rotatable bonds is 4. The number of hydrogen-bond acceptors (Lipinski definition) is 3. The number of nitrogens with zero attached hydrogens (tertiary/aromatic N) is 3. The van der Waals surface area contributed by atoms with Gasteiger partial charge >= 0.3 is 0 Å². The van der Waals surface area contributed by atoms with E-state index < -0.39 is 10.0 Å². The predicted octanol–water partition coefficient (Wildman–Crippen LogP) is 2.06. The number of piperidine rings is 1. The molecule has 0 amide bonds. The summed E-state index contributed by atoms with van der Waals surface area (Å²) in [7, 11) is -3.63. The molecule has 1 aliphatic rings. The van der Waals surface area contributed by atoms with E-state index in [1.807, 2.05) is 0 Å². The summed E-state index contributed by atoms with van der Waals surface area (Å²) in [5.74, 6) is 0.692. The van der Waals surface area contributed by atoms with Crippen LogP contribution in [0, 0.1) is 0 Å². The highest BCUT2D eigenvalue weighted by atomic mass is 32.2. The molecule has 0 atom stereocenters. The fraction of sp³-hybridized carbons (Fsp3) is 0.538. The first-order chi connectivity index (χ1) is 9.13. The molecule has 1 aromatic heterocycles. The Labute approximate surface area is 114 Å². The molecule has 0 saturated carbocycles. The molecule has 104 valence electrons. The van der Waals surface area contributed by atoms with Crippen LogP contribution in [0.1, 0.15) is 32.6 Å². The Hall–Kier alpha value is -1.43. The van der Waals surface area contributed by atoms with Crippen molar-refractivity contribution in [2.45, 2.75) is 37.5 Å². The minimum atomic E-state index is -3.63. The zero-order valence-corrected chi connectivity index (χ0v) is 11.9. The van der Waals surface area contributed by atoms with Gasteiger partial charge in [0, 0.05) is 31.9 Å². The number of aromatic nitrogens is 1. The summed E-state index contributed by atoms with van der Waals surface area (Å²) < 4.78 is 28.4. The first-order valence-electron chi connectivity index (χ1n) is 6.62. The highest BCUT2D eigenvalue weighted by Gasteiger charge is 2.20. The van der Waals surface area contributed by atoms with Gasteiger partial charge in [-0.25, -0.2) is 0 Å². The Bertz CT molecular complexity index is 538. The van der Waals surface area contributed by atoms with Crippen molar-refractivity contribution in [3.05, 3.63) is 24.5 Å². The lowest BCUT2D eigenvalue weighted by molar-refractivity contribution is 0.370. The Morgan fingerprint density at radius 2 is 2.26 bits per heavy atom. The molecule has 1 aromatic rings. The summed E-state index contributed by atoms with van der Waals surface area (Å²) >= 11 is 0. The number of sulfonamides is 1. The molecular weight excluding hydrogens is 262 g/mol. The molecule has 2 heterocycles. The van der Waals surface area contributed by atoms with Gasteiger partial charge in [-0.05, 0) is 31.4 Å². The van der Waals surface area contributed by atoms with Crippen LogP contribution in [0.4, 0.5) is 0 Å².